The van der Waals surface area contributed by atoms with Gasteiger partial charge in [0.15, 0.2) is 0 Å². The number of hydrogen-bond donors (Lipinski definition) is 1. The molecule has 1 saturated heterocycles. The molecule has 7 heteroatoms. The molecule has 1 fully saturated rings. The summed E-state index contributed by atoms with van der Waals surface area (Å²) in [5.74, 6) is 0.887. The van der Waals surface area contributed by atoms with E-state index in [2.05, 4.69) is 20.2 Å². The molecule has 3 aromatic rings. The highest BCUT2D eigenvalue weighted by molar-refractivity contribution is 6.30. The number of benzene rings is 1. The first kappa shape index (κ1) is 22.1. The molecule has 1 aliphatic rings. The molecular weight excluding hydrogens is 419 g/mol. The molecule has 4 rings (SSSR count). The Morgan fingerprint density at radius 3 is 2.60 bits per heavy atom. The highest BCUT2D eigenvalue weighted by Gasteiger charge is 2.28. The van der Waals surface area contributed by atoms with Crippen LogP contribution < -0.4 is 10.2 Å². The van der Waals surface area contributed by atoms with Crippen LogP contribution in [0, 0.1) is 5.92 Å². The molecule has 5 nitrogen and oxygen atoms in total. The van der Waals surface area contributed by atoms with E-state index in [4.69, 9.17) is 11.6 Å². The summed E-state index contributed by atoms with van der Waals surface area (Å²) in [5.41, 5.74) is 1.92. The van der Waals surface area contributed by atoms with E-state index in [0.717, 1.165) is 36.3 Å². The van der Waals surface area contributed by atoms with Gasteiger partial charge in [-0.05, 0) is 54.3 Å². The molecule has 156 valence electrons. The smallest absolute Gasteiger partial charge is 0.225 e. The van der Waals surface area contributed by atoms with Crippen molar-refractivity contribution in [3.63, 3.8) is 0 Å². The standard InChI is InChI=1S/C23H23ClN4O.ClH/c24-20-10-8-17(9-11-20)22(18-5-3-12-25-15-18)27-23(29)19-6-4-14-28(16-19)21-7-1-2-13-26-21;/h1-3,5,7-13,15,19,22H,4,6,14,16H2,(H,27,29);1H. The number of amides is 1. The fourth-order valence-corrected chi connectivity index (χ4v) is 3.89. The first-order chi connectivity index (χ1) is 14.2. The zero-order valence-electron chi connectivity index (χ0n) is 16.4. The van der Waals surface area contributed by atoms with Gasteiger partial charge in [-0.25, -0.2) is 4.98 Å². The lowest BCUT2D eigenvalue weighted by Crippen LogP contribution is -2.44. The summed E-state index contributed by atoms with van der Waals surface area (Å²) in [6, 6.07) is 17.0. The van der Waals surface area contributed by atoms with Gasteiger partial charge >= 0.3 is 0 Å². The van der Waals surface area contributed by atoms with Crippen LogP contribution in [-0.4, -0.2) is 29.0 Å². The lowest BCUT2D eigenvalue weighted by Gasteiger charge is -2.33. The number of nitrogens with zero attached hydrogens (tertiary/aromatic N) is 3. The van der Waals surface area contributed by atoms with Gasteiger partial charge in [-0.1, -0.05) is 35.9 Å². The summed E-state index contributed by atoms with van der Waals surface area (Å²) in [6.07, 6.45) is 7.15. The number of anilines is 1. The molecule has 1 aliphatic heterocycles. The van der Waals surface area contributed by atoms with Crippen LogP contribution in [0.5, 0.6) is 0 Å². The molecule has 3 heterocycles. The van der Waals surface area contributed by atoms with Crippen LogP contribution in [0.3, 0.4) is 0 Å². The molecule has 1 aromatic carbocycles. The molecule has 0 radical (unpaired) electrons. The van der Waals surface area contributed by atoms with Crippen molar-refractivity contribution in [2.75, 3.05) is 18.0 Å². The highest BCUT2D eigenvalue weighted by atomic mass is 35.5. The zero-order chi connectivity index (χ0) is 20.1. The topological polar surface area (TPSA) is 58.1 Å². The summed E-state index contributed by atoms with van der Waals surface area (Å²) in [5, 5.41) is 3.91. The average Bonchev–Trinajstić information content (AvgIpc) is 2.79. The van der Waals surface area contributed by atoms with Gasteiger partial charge in [0.1, 0.15) is 5.82 Å². The van der Waals surface area contributed by atoms with Gasteiger partial charge in [-0.15, -0.1) is 12.4 Å². The van der Waals surface area contributed by atoms with Crippen molar-refractivity contribution in [1.29, 1.82) is 0 Å². The number of hydrogen-bond acceptors (Lipinski definition) is 4. The molecule has 1 amide bonds. The van der Waals surface area contributed by atoms with Crippen molar-refractivity contribution >= 4 is 35.7 Å². The van der Waals surface area contributed by atoms with E-state index in [9.17, 15) is 4.79 Å². The minimum Gasteiger partial charge on any atom is -0.356 e. The molecule has 0 aliphatic carbocycles. The average molecular weight is 443 g/mol. The molecular formula is C23H24Cl2N4O. The van der Waals surface area contributed by atoms with Crippen LogP contribution in [0.25, 0.3) is 0 Å². The van der Waals surface area contributed by atoms with Gasteiger partial charge in [0.05, 0.1) is 12.0 Å². The maximum atomic E-state index is 13.2. The van der Waals surface area contributed by atoms with E-state index in [-0.39, 0.29) is 30.3 Å². The molecule has 2 atom stereocenters. The maximum absolute atomic E-state index is 13.2. The van der Waals surface area contributed by atoms with E-state index in [1.54, 1.807) is 18.6 Å². The number of pyridine rings is 2. The summed E-state index contributed by atoms with van der Waals surface area (Å²) < 4.78 is 0. The summed E-state index contributed by atoms with van der Waals surface area (Å²) in [7, 11) is 0. The first-order valence-corrected chi connectivity index (χ1v) is 10.2. The normalized spacial score (nSPS) is 17.0. The van der Waals surface area contributed by atoms with Gasteiger partial charge in [0, 0.05) is 36.7 Å². The van der Waals surface area contributed by atoms with Gasteiger partial charge in [-0.2, -0.15) is 0 Å². The number of carbonyl (C=O) groups is 1. The lowest BCUT2D eigenvalue weighted by atomic mass is 9.94. The van der Waals surface area contributed by atoms with E-state index in [1.165, 1.54) is 0 Å². The second-order valence-corrected chi connectivity index (χ2v) is 7.69. The summed E-state index contributed by atoms with van der Waals surface area (Å²) >= 11 is 6.05. The van der Waals surface area contributed by atoms with Gasteiger partial charge in [-0.3, -0.25) is 9.78 Å². The fraction of sp³-hybridized carbons (Fsp3) is 0.261. The van der Waals surface area contributed by atoms with Gasteiger partial charge < -0.3 is 10.2 Å². The van der Waals surface area contributed by atoms with Crippen LogP contribution in [0.15, 0.2) is 73.2 Å². The Hall–Kier alpha value is -2.63. The second kappa shape index (κ2) is 10.4. The fourth-order valence-electron chi connectivity index (χ4n) is 3.76. The summed E-state index contributed by atoms with van der Waals surface area (Å²) in [4.78, 5) is 24.0. The first-order valence-electron chi connectivity index (χ1n) is 9.82. The third-order valence-corrected chi connectivity index (χ3v) is 5.53. The van der Waals surface area contributed by atoms with Crippen LogP contribution in [0.1, 0.15) is 30.0 Å². The van der Waals surface area contributed by atoms with Crippen LogP contribution >= 0.6 is 24.0 Å². The Bertz CT molecular complexity index is 938. The number of piperidine rings is 1. The van der Waals surface area contributed by atoms with Crippen LogP contribution in [-0.2, 0) is 4.79 Å². The Kier molecular flexibility index (Phi) is 7.66. The third kappa shape index (κ3) is 5.29. The SMILES string of the molecule is Cl.O=C(NC(c1ccc(Cl)cc1)c1cccnc1)C1CCCN(c2ccccn2)C1. The number of carbonyl (C=O) groups excluding carboxylic acids is 1. The molecule has 0 saturated carbocycles. The minimum absolute atomic E-state index is 0. The Balaban J connectivity index is 0.00000256. The predicted octanol–water partition coefficient (Wildman–Crippen LogP) is 4.67. The van der Waals surface area contributed by atoms with E-state index in [1.807, 2.05) is 54.6 Å². The van der Waals surface area contributed by atoms with Crippen LogP contribution in [0.4, 0.5) is 5.82 Å². The van der Waals surface area contributed by atoms with Crippen molar-refractivity contribution in [1.82, 2.24) is 15.3 Å². The molecule has 2 unspecified atom stereocenters. The minimum atomic E-state index is -0.265. The van der Waals surface area contributed by atoms with E-state index >= 15 is 0 Å². The second-order valence-electron chi connectivity index (χ2n) is 7.25. The number of rotatable bonds is 5. The number of aromatic nitrogens is 2. The largest absolute Gasteiger partial charge is 0.356 e. The Labute approximate surface area is 187 Å². The molecule has 0 bridgehead atoms. The molecule has 2 aromatic heterocycles. The Morgan fingerprint density at radius 1 is 1.07 bits per heavy atom. The summed E-state index contributed by atoms with van der Waals surface area (Å²) in [6.45, 7) is 1.59. The predicted molar refractivity (Wildman–Crippen MR) is 122 cm³/mol. The maximum Gasteiger partial charge on any atom is 0.225 e. The number of nitrogens with one attached hydrogen (secondary N) is 1. The van der Waals surface area contributed by atoms with Crippen molar-refractivity contribution in [3.8, 4) is 0 Å². The van der Waals surface area contributed by atoms with Gasteiger partial charge in [0.2, 0.25) is 5.91 Å². The van der Waals surface area contributed by atoms with Crippen LogP contribution in [0.2, 0.25) is 5.02 Å². The Morgan fingerprint density at radius 2 is 1.90 bits per heavy atom. The number of halogens is 2. The van der Waals surface area contributed by atoms with E-state index < -0.39 is 0 Å². The third-order valence-electron chi connectivity index (χ3n) is 5.27. The monoisotopic (exact) mass is 442 g/mol. The van der Waals surface area contributed by atoms with Crippen molar-refractivity contribution < 1.29 is 4.79 Å². The van der Waals surface area contributed by atoms with Crippen molar-refractivity contribution in [2.24, 2.45) is 5.92 Å². The zero-order valence-corrected chi connectivity index (χ0v) is 18.0. The van der Waals surface area contributed by atoms with E-state index in [0.29, 0.717) is 11.6 Å². The lowest BCUT2D eigenvalue weighted by molar-refractivity contribution is -0.125. The quantitative estimate of drug-likeness (QED) is 0.623. The van der Waals surface area contributed by atoms with Crippen molar-refractivity contribution in [3.05, 3.63) is 89.3 Å². The molecule has 30 heavy (non-hydrogen) atoms. The van der Waals surface area contributed by atoms with Crippen molar-refractivity contribution in [2.45, 2.75) is 18.9 Å². The van der Waals surface area contributed by atoms with Gasteiger partial charge in [0.25, 0.3) is 0 Å². The highest BCUT2D eigenvalue weighted by Crippen LogP contribution is 2.26. The molecule has 0 spiro atoms. The molecule has 1 N–H and O–H groups in total.